The van der Waals surface area contributed by atoms with Gasteiger partial charge >= 0.3 is 0 Å². The largest absolute Gasteiger partial charge is 0.338 e. The number of hydrogen-bond acceptors (Lipinski definition) is 4. The van der Waals surface area contributed by atoms with Crippen LogP contribution in [-0.2, 0) is 5.41 Å². The van der Waals surface area contributed by atoms with E-state index < -0.39 is 0 Å². The first-order chi connectivity index (χ1) is 10.8. The smallest absolute Gasteiger partial charge is 0.196 e. The zero-order valence-electron chi connectivity index (χ0n) is 13.5. The molecule has 5 nitrogen and oxygen atoms in total. The Kier molecular flexibility index (Phi) is 3.78. The molecule has 0 aliphatic heterocycles. The average molecular weight is 332 g/mol. The molecule has 0 atom stereocenters. The summed E-state index contributed by atoms with van der Waals surface area (Å²) in [6.07, 6.45) is 0. The molecule has 0 fully saturated rings. The number of rotatable bonds is 2. The molecule has 0 bridgehead atoms. The van der Waals surface area contributed by atoms with E-state index in [-0.39, 0.29) is 5.41 Å². The topological polar surface area (TPSA) is 60.2 Å². The van der Waals surface area contributed by atoms with Gasteiger partial charge in [0.1, 0.15) is 16.7 Å². The van der Waals surface area contributed by atoms with Crippen molar-refractivity contribution in [3.05, 3.63) is 46.5 Å². The third-order valence-corrected chi connectivity index (χ3v) is 3.91. The maximum absolute atomic E-state index is 9.44. The minimum atomic E-state index is -0.200. The van der Waals surface area contributed by atoms with Crippen molar-refractivity contribution >= 4 is 22.6 Å². The molecule has 3 rings (SSSR count). The van der Waals surface area contributed by atoms with Gasteiger partial charge in [0.05, 0.1) is 0 Å². The Balaban J connectivity index is 2.27. The molecular weight excluding hydrogens is 314 g/mol. The number of nitrogens with zero attached hydrogens (tertiary/aromatic N) is 3. The molecule has 0 spiro atoms. The van der Waals surface area contributed by atoms with E-state index in [4.69, 9.17) is 16.5 Å². The third kappa shape index (κ3) is 2.90. The zero-order valence-corrected chi connectivity index (χ0v) is 14.2. The van der Waals surface area contributed by atoms with Gasteiger partial charge in [-0.05, 0) is 42.2 Å². The van der Waals surface area contributed by atoms with Crippen LogP contribution in [0.15, 0.2) is 30.3 Å². The molecular formula is C17H18ClN3O2. The maximum atomic E-state index is 9.44. The number of aromatic nitrogens is 3. The first-order valence-electron chi connectivity index (χ1n) is 7.29. The van der Waals surface area contributed by atoms with Crippen molar-refractivity contribution in [2.24, 2.45) is 0 Å². The second-order valence-electron chi connectivity index (χ2n) is 6.62. The van der Waals surface area contributed by atoms with Crippen LogP contribution in [0.1, 0.15) is 31.9 Å². The van der Waals surface area contributed by atoms with Gasteiger partial charge in [-0.2, -0.15) is 0 Å². The van der Waals surface area contributed by atoms with Gasteiger partial charge < -0.3 is 4.89 Å². The van der Waals surface area contributed by atoms with E-state index in [0.717, 1.165) is 16.6 Å². The molecule has 120 valence electrons. The lowest BCUT2D eigenvalue weighted by Gasteiger charge is -2.23. The van der Waals surface area contributed by atoms with Gasteiger partial charge in [0.2, 0.25) is 0 Å². The molecule has 0 saturated carbocycles. The van der Waals surface area contributed by atoms with Crippen LogP contribution in [0.5, 0.6) is 5.75 Å². The van der Waals surface area contributed by atoms with Crippen LogP contribution >= 0.6 is 11.6 Å². The number of hydrogen-bond donors (Lipinski definition) is 1. The van der Waals surface area contributed by atoms with Crippen molar-refractivity contribution in [2.75, 3.05) is 0 Å². The maximum Gasteiger partial charge on any atom is 0.196 e. The molecule has 23 heavy (non-hydrogen) atoms. The van der Waals surface area contributed by atoms with E-state index >= 15 is 0 Å². The van der Waals surface area contributed by atoms with Crippen molar-refractivity contribution in [1.29, 1.82) is 0 Å². The normalized spacial score (nSPS) is 11.9. The Hall–Kier alpha value is -2.11. The molecule has 1 N–H and O–H groups in total. The molecule has 3 aromatic rings. The summed E-state index contributed by atoms with van der Waals surface area (Å²) >= 11 is 6.00. The highest BCUT2D eigenvalue weighted by molar-refractivity contribution is 6.31. The van der Waals surface area contributed by atoms with Gasteiger partial charge in [-0.15, -0.1) is 15.0 Å². The number of benzene rings is 2. The van der Waals surface area contributed by atoms with Gasteiger partial charge in [-0.1, -0.05) is 38.4 Å². The monoisotopic (exact) mass is 331 g/mol. The lowest BCUT2D eigenvalue weighted by Crippen LogP contribution is -2.15. The predicted molar refractivity (Wildman–Crippen MR) is 90.6 cm³/mol. The van der Waals surface area contributed by atoms with Crippen LogP contribution in [0.3, 0.4) is 0 Å². The zero-order chi connectivity index (χ0) is 16.8. The molecule has 0 saturated heterocycles. The first kappa shape index (κ1) is 15.8. The first-order valence-corrected chi connectivity index (χ1v) is 7.67. The predicted octanol–water partition coefficient (Wildman–Crippen LogP) is 4.53. The Bertz CT molecular complexity index is 881. The van der Waals surface area contributed by atoms with Crippen molar-refractivity contribution in [2.45, 2.75) is 33.1 Å². The molecule has 6 heteroatoms. The summed E-state index contributed by atoms with van der Waals surface area (Å²) in [7, 11) is 0. The average Bonchev–Trinajstić information content (AvgIpc) is 2.88. The van der Waals surface area contributed by atoms with Crippen molar-refractivity contribution in [3.8, 4) is 11.4 Å². The van der Waals surface area contributed by atoms with Crippen LogP contribution in [0, 0.1) is 6.92 Å². The molecule has 2 aromatic carbocycles. The molecule has 0 aliphatic rings. The molecule has 1 heterocycles. The van der Waals surface area contributed by atoms with E-state index in [0.29, 0.717) is 22.0 Å². The third-order valence-electron chi connectivity index (χ3n) is 3.67. The summed E-state index contributed by atoms with van der Waals surface area (Å²) < 4.78 is 0. The highest BCUT2D eigenvalue weighted by atomic mass is 35.5. The van der Waals surface area contributed by atoms with Crippen molar-refractivity contribution in [1.82, 2.24) is 15.0 Å². The van der Waals surface area contributed by atoms with E-state index in [1.165, 1.54) is 4.80 Å². The van der Waals surface area contributed by atoms with E-state index in [2.05, 4.69) is 31.0 Å². The van der Waals surface area contributed by atoms with Crippen LogP contribution in [-0.4, -0.2) is 20.3 Å². The SMILES string of the molecule is Cc1cc(-n2nc3ccc(Cl)cc3n2)c(OO)c(C(C)(C)C)c1. The number of aryl methyl sites for hydroxylation is 1. The Morgan fingerprint density at radius 2 is 1.78 bits per heavy atom. The Labute approximate surface area is 139 Å². The minimum Gasteiger partial charge on any atom is -0.338 e. The van der Waals surface area contributed by atoms with Gasteiger partial charge in [-0.25, -0.2) is 5.26 Å². The highest BCUT2D eigenvalue weighted by Gasteiger charge is 2.24. The summed E-state index contributed by atoms with van der Waals surface area (Å²) in [5, 5.41) is 18.9. The van der Waals surface area contributed by atoms with E-state index in [9.17, 15) is 5.26 Å². The molecule has 0 unspecified atom stereocenters. The molecule has 1 aromatic heterocycles. The lowest BCUT2D eigenvalue weighted by atomic mass is 9.85. The van der Waals surface area contributed by atoms with Gasteiger partial charge in [0.25, 0.3) is 0 Å². The van der Waals surface area contributed by atoms with Crippen LogP contribution in [0.25, 0.3) is 16.7 Å². The lowest BCUT2D eigenvalue weighted by molar-refractivity contribution is -0.138. The van der Waals surface area contributed by atoms with Crippen LogP contribution < -0.4 is 4.89 Å². The minimum absolute atomic E-state index is 0.200. The van der Waals surface area contributed by atoms with Crippen LogP contribution in [0.2, 0.25) is 5.02 Å². The number of halogens is 1. The summed E-state index contributed by atoms with van der Waals surface area (Å²) in [5.74, 6) is 0.356. The fraction of sp³-hybridized carbons (Fsp3) is 0.294. The Morgan fingerprint density at radius 1 is 1.09 bits per heavy atom. The summed E-state index contributed by atoms with van der Waals surface area (Å²) in [6.45, 7) is 8.16. The van der Waals surface area contributed by atoms with Crippen molar-refractivity contribution < 1.29 is 10.1 Å². The van der Waals surface area contributed by atoms with E-state index in [1.54, 1.807) is 18.2 Å². The summed E-state index contributed by atoms with van der Waals surface area (Å²) in [6, 6.07) is 9.20. The summed E-state index contributed by atoms with van der Waals surface area (Å²) in [4.78, 5) is 6.17. The fourth-order valence-electron chi connectivity index (χ4n) is 2.55. The van der Waals surface area contributed by atoms with Crippen molar-refractivity contribution in [3.63, 3.8) is 0 Å². The quantitative estimate of drug-likeness (QED) is 0.553. The second-order valence-corrected chi connectivity index (χ2v) is 7.06. The molecule has 0 amide bonds. The van der Waals surface area contributed by atoms with Gasteiger partial charge in [0.15, 0.2) is 5.75 Å². The van der Waals surface area contributed by atoms with Crippen LogP contribution in [0.4, 0.5) is 0 Å². The fourth-order valence-corrected chi connectivity index (χ4v) is 2.72. The standard InChI is InChI=1S/C17H18ClN3O2/c1-10-7-12(17(2,3)4)16(23-22)15(8-10)21-19-13-6-5-11(18)9-14(13)20-21/h5-9,22H,1-4H3. The molecule has 0 radical (unpaired) electrons. The van der Waals surface area contributed by atoms with E-state index in [1.807, 2.05) is 19.1 Å². The Morgan fingerprint density at radius 3 is 2.43 bits per heavy atom. The molecule has 0 aliphatic carbocycles. The van der Waals surface area contributed by atoms with Gasteiger partial charge in [0, 0.05) is 10.6 Å². The summed E-state index contributed by atoms with van der Waals surface area (Å²) in [5.41, 5.74) is 3.70. The highest BCUT2D eigenvalue weighted by Crippen LogP contribution is 2.36. The second kappa shape index (κ2) is 5.51. The van der Waals surface area contributed by atoms with Gasteiger partial charge in [-0.3, -0.25) is 0 Å². The number of fused-ring (bicyclic) bond motifs is 1.